The van der Waals surface area contributed by atoms with Crippen molar-refractivity contribution in [1.29, 1.82) is 0 Å². The number of fused-ring (bicyclic) bond motifs is 3. The molecule has 0 aliphatic carbocycles. The van der Waals surface area contributed by atoms with Crippen LogP contribution in [-0.4, -0.2) is 50.3 Å². The summed E-state index contributed by atoms with van der Waals surface area (Å²) >= 11 is 1.55. The number of carbonyl (C=O) groups is 1. The van der Waals surface area contributed by atoms with Crippen LogP contribution in [0.5, 0.6) is 17.2 Å². The number of rotatable bonds is 8. The van der Waals surface area contributed by atoms with Crippen LogP contribution in [0.3, 0.4) is 0 Å². The Hall–Kier alpha value is -4.31. The number of hydrogen-bond acceptors (Lipinski definition) is 8. The normalized spacial score (nSPS) is 14.1. The van der Waals surface area contributed by atoms with E-state index in [1.54, 1.807) is 31.0 Å². The Bertz CT molecular complexity index is 1550. The molecule has 3 aromatic carbocycles. The van der Waals surface area contributed by atoms with Crippen LogP contribution in [-0.2, 0) is 10.5 Å². The van der Waals surface area contributed by atoms with E-state index < -0.39 is 6.04 Å². The quantitative estimate of drug-likeness (QED) is 0.217. The molecule has 3 N–H and O–H groups in total. The van der Waals surface area contributed by atoms with E-state index in [-0.39, 0.29) is 23.8 Å². The van der Waals surface area contributed by atoms with Gasteiger partial charge in [-0.15, -0.1) is 22.0 Å². The number of para-hydroxylation sites is 1. The van der Waals surface area contributed by atoms with E-state index in [9.17, 15) is 15.0 Å². The fraction of sp³-hybridized carbons (Fsp3) is 0.241. The minimum Gasteiger partial charge on any atom is -0.504 e. The van der Waals surface area contributed by atoms with Crippen molar-refractivity contribution < 1.29 is 19.7 Å². The second-order valence-corrected chi connectivity index (χ2v) is 10.1. The van der Waals surface area contributed by atoms with Gasteiger partial charge in [0.05, 0.1) is 24.9 Å². The van der Waals surface area contributed by atoms with Crippen molar-refractivity contribution in [2.24, 2.45) is 4.99 Å². The first-order valence-electron chi connectivity index (χ1n) is 12.6. The Kier molecular flexibility index (Phi) is 7.56. The van der Waals surface area contributed by atoms with Crippen molar-refractivity contribution >= 4 is 23.4 Å². The zero-order valence-corrected chi connectivity index (χ0v) is 22.7. The van der Waals surface area contributed by atoms with Crippen molar-refractivity contribution in [1.82, 2.24) is 20.1 Å². The zero-order chi connectivity index (χ0) is 27.5. The summed E-state index contributed by atoms with van der Waals surface area (Å²) in [6.07, 6.45) is 0.141. The lowest BCUT2D eigenvalue weighted by Crippen LogP contribution is -2.25. The Morgan fingerprint density at radius 1 is 1.10 bits per heavy atom. The van der Waals surface area contributed by atoms with E-state index in [1.165, 1.54) is 6.07 Å². The van der Waals surface area contributed by atoms with Gasteiger partial charge < -0.3 is 20.3 Å². The molecule has 2 heterocycles. The third-order valence-electron chi connectivity index (χ3n) is 6.51. The molecule has 4 aromatic rings. The summed E-state index contributed by atoms with van der Waals surface area (Å²) < 4.78 is 7.50. The summed E-state index contributed by atoms with van der Waals surface area (Å²) in [7, 11) is 1.62. The third kappa shape index (κ3) is 5.33. The van der Waals surface area contributed by atoms with Crippen LogP contribution >= 0.6 is 11.8 Å². The molecule has 0 saturated heterocycles. The molecule has 9 nitrogen and oxygen atoms in total. The lowest BCUT2D eigenvalue weighted by Gasteiger charge is -2.14. The van der Waals surface area contributed by atoms with Crippen molar-refractivity contribution in [3.05, 3.63) is 89.0 Å². The van der Waals surface area contributed by atoms with E-state index >= 15 is 0 Å². The molecule has 0 spiro atoms. The second kappa shape index (κ2) is 11.2. The Labute approximate surface area is 230 Å². The van der Waals surface area contributed by atoms with Gasteiger partial charge in [-0.1, -0.05) is 24.3 Å². The van der Waals surface area contributed by atoms with Gasteiger partial charge in [0.1, 0.15) is 17.6 Å². The molecule has 1 aromatic heterocycles. The number of aliphatic imine (C=N–C) groups is 1. The fourth-order valence-corrected chi connectivity index (χ4v) is 5.46. The third-order valence-corrected chi connectivity index (χ3v) is 7.57. The number of thioether (sulfide) groups is 1. The molecular weight excluding hydrogens is 514 g/mol. The number of phenolic OH excluding ortho intramolecular Hbond substituents is 2. The summed E-state index contributed by atoms with van der Waals surface area (Å²) in [6.45, 7) is 4.30. The number of amides is 1. The summed E-state index contributed by atoms with van der Waals surface area (Å²) in [4.78, 5) is 18.7. The van der Waals surface area contributed by atoms with Crippen LogP contribution in [0.2, 0.25) is 0 Å². The van der Waals surface area contributed by atoms with Crippen molar-refractivity contribution in [3.63, 3.8) is 0 Å². The van der Waals surface area contributed by atoms with E-state index in [2.05, 4.69) is 15.5 Å². The molecule has 0 bridgehead atoms. The Morgan fingerprint density at radius 2 is 1.90 bits per heavy atom. The minimum absolute atomic E-state index is 0.0968. The molecule has 39 heavy (non-hydrogen) atoms. The van der Waals surface area contributed by atoms with Crippen LogP contribution < -0.4 is 10.1 Å². The number of nitrogens with one attached hydrogen (secondary N) is 1. The number of nitrogens with zero attached hydrogens (tertiary/aromatic N) is 4. The molecule has 10 heteroatoms. The number of methoxy groups -OCH3 is 1. The molecule has 0 fully saturated rings. The SMILES string of the molecule is CCNC(=O)CC1N=C(c2ccc(SCc3cccc(O)c3O)cc2)c2cc(OC)ccc2-n2c(C)nnc21. The van der Waals surface area contributed by atoms with E-state index in [4.69, 9.17) is 9.73 Å². The van der Waals surface area contributed by atoms with Crippen LogP contribution in [0.1, 0.15) is 47.7 Å². The van der Waals surface area contributed by atoms with E-state index in [0.717, 1.165) is 27.4 Å². The number of aryl methyl sites for hydroxylation is 1. The highest BCUT2D eigenvalue weighted by molar-refractivity contribution is 7.98. The van der Waals surface area contributed by atoms with Gasteiger partial charge >= 0.3 is 0 Å². The van der Waals surface area contributed by atoms with Crippen LogP contribution in [0.4, 0.5) is 0 Å². The number of ether oxygens (including phenoxy) is 1. The number of aromatic hydroxyl groups is 2. The summed E-state index contributed by atoms with van der Waals surface area (Å²) in [5, 5.41) is 31.5. The average molecular weight is 544 g/mol. The number of aromatic nitrogens is 3. The molecule has 1 unspecified atom stereocenters. The van der Waals surface area contributed by atoms with E-state index in [0.29, 0.717) is 35.3 Å². The number of phenols is 2. The largest absolute Gasteiger partial charge is 0.504 e. The highest BCUT2D eigenvalue weighted by Crippen LogP contribution is 2.36. The first kappa shape index (κ1) is 26.3. The number of carbonyl (C=O) groups excluding carboxylic acids is 1. The highest BCUT2D eigenvalue weighted by Gasteiger charge is 2.30. The maximum Gasteiger partial charge on any atom is 0.222 e. The first-order chi connectivity index (χ1) is 18.9. The molecular formula is C29H29N5O4S. The highest BCUT2D eigenvalue weighted by atomic mass is 32.2. The molecule has 0 saturated carbocycles. The fourth-order valence-electron chi connectivity index (χ4n) is 4.58. The minimum atomic E-state index is -0.533. The monoisotopic (exact) mass is 543 g/mol. The number of benzene rings is 3. The average Bonchev–Trinajstić information content (AvgIpc) is 3.26. The van der Waals surface area contributed by atoms with Crippen LogP contribution in [0, 0.1) is 6.92 Å². The summed E-state index contributed by atoms with van der Waals surface area (Å²) in [6, 6.07) is 18.2. The van der Waals surface area contributed by atoms with Gasteiger partial charge in [0.25, 0.3) is 0 Å². The molecule has 200 valence electrons. The van der Waals surface area contributed by atoms with E-state index in [1.807, 2.05) is 60.9 Å². The lowest BCUT2D eigenvalue weighted by molar-refractivity contribution is -0.121. The van der Waals surface area contributed by atoms with Crippen LogP contribution in [0.25, 0.3) is 5.69 Å². The smallest absolute Gasteiger partial charge is 0.222 e. The van der Waals surface area contributed by atoms with Gasteiger partial charge in [-0.25, -0.2) is 0 Å². The predicted molar refractivity (Wildman–Crippen MR) is 150 cm³/mol. The summed E-state index contributed by atoms with van der Waals surface area (Å²) in [5.74, 6) is 2.17. The van der Waals surface area contributed by atoms with Gasteiger partial charge in [0.2, 0.25) is 5.91 Å². The molecule has 1 aliphatic heterocycles. The van der Waals surface area contributed by atoms with Crippen LogP contribution in [0.15, 0.2) is 70.6 Å². The summed E-state index contributed by atoms with van der Waals surface area (Å²) in [5.41, 5.74) is 3.98. The lowest BCUT2D eigenvalue weighted by atomic mass is 10.00. The molecule has 5 rings (SSSR count). The van der Waals surface area contributed by atoms with Crippen molar-refractivity contribution in [2.45, 2.75) is 37.0 Å². The standard InChI is InChI=1S/C29H29N5O4S/c1-4-30-26(36)15-23-29-33-32-17(2)34(29)24-13-10-20(38-3)14-22(24)27(31-23)18-8-11-21(12-9-18)39-16-19-6-5-7-25(35)28(19)37/h5-14,23,35,37H,4,15-16H2,1-3H3,(H,30,36). The first-order valence-corrected chi connectivity index (χ1v) is 13.6. The van der Waals surface area contributed by atoms with Crippen molar-refractivity contribution in [3.8, 4) is 22.9 Å². The zero-order valence-electron chi connectivity index (χ0n) is 21.9. The molecule has 1 aliphatic rings. The van der Waals surface area contributed by atoms with Gasteiger partial charge in [0.15, 0.2) is 17.3 Å². The Balaban J connectivity index is 1.53. The molecule has 1 atom stereocenters. The maximum atomic E-state index is 12.6. The topological polar surface area (TPSA) is 122 Å². The van der Waals surface area contributed by atoms with Gasteiger partial charge in [-0.05, 0) is 50.2 Å². The molecule has 1 amide bonds. The Morgan fingerprint density at radius 3 is 2.64 bits per heavy atom. The second-order valence-electron chi connectivity index (χ2n) is 9.07. The molecule has 0 radical (unpaired) electrons. The van der Waals surface area contributed by atoms with Gasteiger partial charge in [0, 0.05) is 33.9 Å². The van der Waals surface area contributed by atoms with Gasteiger partial charge in [-0.3, -0.25) is 14.4 Å². The number of hydrogen-bond donors (Lipinski definition) is 3. The predicted octanol–water partition coefficient (Wildman–Crippen LogP) is 4.71. The maximum absolute atomic E-state index is 12.6. The van der Waals surface area contributed by atoms with Gasteiger partial charge in [-0.2, -0.15) is 0 Å². The van der Waals surface area contributed by atoms with Crippen molar-refractivity contribution in [2.75, 3.05) is 13.7 Å².